The van der Waals surface area contributed by atoms with Crippen molar-refractivity contribution >= 4 is 5.97 Å². The first-order chi connectivity index (χ1) is 7.54. The van der Waals surface area contributed by atoms with Gasteiger partial charge < -0.3 is 10.2 Å². The van der Waals surface area contributed by atoms with Gasteiger partial charge in [0.2, 0.25) is 0 Å². The predicted molar refractivity (Wildman–Crippen MR) is 62.2 cm³/mol. The van der Waals surface area contributed by atoms with E-state index in [0.29, 0.717) is 13.1 Å². The Kier molecular flexibility index (Phi) is 4.26. The summed E-state index contributed by atoms with van der Waals surface area (Å²) < 4.78 is 0. The second-order valence-corrected chi connectivity index (χ2v) is 4.34. The highest BCUT2D eigenvalue weighted by molar-refractivity contribution is 5.69. The molecule has 0 aromatic carbocycles. The van der Waals surface area contributed by atoms with Gasteiger partial charge >= 0.3 is 5.97 Å². The number of allylic oxidation sites excluding steroid dienone is 1. The van der Waals surface area contributed by atoms with Crippen LogP contribution in [0.4, 0.5) is 0 Å². The lowest BCUT2D eigenvalue weighted by Crippen LogP contribution is -2.44. The molecule has 1 saturated heterocycles. The standard InChI is InChI=1S/C12H19NO3/c1-3-10(2)12(9-14)4-6-13(7-5-12)8-11(15)16/h3,14H,1-2,4-9H2,(H,15,16). The van der Waals surface area contributed by atoms with Crippen molar-refractivity contribution in [2.75, 3.05) is 26.2 Å². The van der Waals surface area contributed by atoms with Crippen molar-refractivity contribution in [1.82, 2.24) is 4.90 Å². The summed E-state index contributed by atoms with van der Waals surface area (Å²) in [5.41, 5.74) is 0.557. The highest BCUT2D eigenvalue weighted by Gasteiger charge is 2.35. The number of hydrogen-bond acceptors (Lipinski definition) is 3. The summed E-state index contributed by atoms with van der Waals surface area (Å²) in [5, 5.41) is 18.2. The van der Waals surface area contributed by atoms with Gasteiger partial charge in [-0.25, -0.2) is 0 Å². The molecular weight excluding hydrogens is 206 g/mol. The molecule has 1 heterocycles. The van der Waals surface area contributed by atoms with Gasteiger partial charge in [-0.05, 0) is 31.5 Å². The van der Waals surface area contributed by atoms with Gasteiger partial charge in [0.1, 0.15) is 0 Å². The Morgan fingerprint density at radius 2 is 2.00 bits per heavy atom. The molecule has 0 bridgehead atoms. The van der Waals surface area contributed by atoms with Crippen molar-refractivity contribution in [2.45, 2.75) is 12.8 Å². The van der Waals surface area contributed by atoms with Crippen LogP contribution in [0.25, 0.3) is 0 Å². The number of piperidine rings is 1. The molecule has 2 N–H and O–H groups in total. The Morgan fingerprint density at radius 1 is 1.44 bits per heavy atom. The maximum atomic E-state index is 10.6. The van der Waals surface area contributed by atoms with E-state index in [-0.39, 0.29) is 18.6 Å². The van der Waals surface area contributed by atoms with E-state index in [1.165, 1.54) is 0 Å². The number of nitrogens with zero attached hydrogens (tertiary/aromatic N) is 1. The Balaban J connectivity index is 2.60. The third-order valence-corrected chi connectivity index (χ3v) is 3.40. The van der Waals surface area contributed by atoms with Gasteiger partial charge in [0.05, 0.1) is 13.2 Å². The van der Waals surface area contributed by atoms with Gasteiger partial charge in [-0.15, -0.1) is 0 Å². The highest BCUT2D eigenvalue weighted by atomic mass is 16.4. The number of likely N-dealkylation sites (tertiary alicyclic amines) is 1. The largest absolute Gasteiger partial charge is 0.480 e. The highest BCUT2D eigenvalue weighted by Crippen LogP contribution is 2.37. The van der Waals surface area contributed by atoms with E-state index in [0.717, 1.165) is 18.4 Å². The topological polar surface area (TPSA) is 60.8 Å². The van der Waals surface area contributed by atoms with Crippen molar-refractivity contribution in [3.8, 4) is 0 Å². The minimum Gasteiger partial charge on any atom is -0.480 e. The maximum Gasteiger partial charge on any atom is 0.317 e. The Morgan fingerprint density at radius 3 is 2.38 bits per heavy atom. The van der Waals surface area contributed by atoms with E-state index >= 15 is 0 Å². The fourth-order valence-electron chi connectivity index (χ4n) is 2.13. The van der Waals surface area contributed by atoms with Crippen LogP contribution >= 0.6 is 0 Å². The molecule has 4 nitrogen and oxygen atoms in total. The fourth-order valence-corrected chi connectivity index (χ4v) is 2.13. The van der Waals surface area contributed by atoms with Gasteiger partial charge in [0.25, 0.3) is 0 Å². The predicted octanol–water partition coefficient (Wildman–Crippen LogP) is 0.888. The summed E-state index contributed by atoms with van der Waals surface area (Å²) in [7, 11) is 0. The molecule has 0 saturated carbocycles. The molecule has 0 aromatic heterocycles. The zero-order valence-electron chi connectivity index (χ0n) is 9.48. The first-order valence-corrected chi connectivity index (χ1v) is 5.41. The van der Waals surface area contributed by atoms with Crippen LogP contribution in [0.2, 0.25) is 0 Å². The summed E-state index contributed by atoms with van der Waals surface area (Å²) in [4.78, 5) is 12.4. The quantitative estimate of drug-likeness (QED) is 0.682. The molecule has 0 atom stereocenters. The first kappa shape index (κ1) is 12.9. The molecule has 0 aromatic rings. The number of aliphatic hydroxyl groups is 1. The molecule has 0 radical (unpaired) electrons. The number of aliphatic hydroxyl groups excluding tert-OH is 1. The van der Waals surface area contributed by atoms with Gasteiger partial charge in [-0.2, -0.15) is 0 Å². The Labute approximate surface area is 95.9 Å². The lowest BCUT2D eigenvalue weighted by molar-refractivity contribution is -0.138. The van der Waals surface area contributed by atoms with Crippen molar-refractivity contribution in [3.05, 3.63) is 24.8 Å². The van der Waals surface area contributed by atoms with Crippen LogP contribution in [-0.4, -0.2) is 47.3 Å². The Bertz CT molecular complexity index is 291. The maximum absolute atomic E-state index is 10.6. The smallest absolute Gasteiger partial charge is 0.317 e. The number of carboxylic acids is 1. The van der Waals surface area contributed by atoms with Gasteiger partial charge in [0.15, 0.2) is 0 Å². The van der Waals surface area contributed by atoms with Crippen LogP contribution in [-0.2, 0) is 4.79 Å². The molecule has 90 valence electrons. The second-order valence-electron chi connectivity index (χ2n) is 4.34. The summed E-state index contributed by atoms with van der Waals surface area (Å²) in [5.74, 6) is -0.806. The Hall–Kier alpha value is -1.13. The van der Waals surface area contributed by atoms with Crippen LogP contribution in [0.15, 0.2) is 24.8 Å². The fraction of sp³-hybridized carbons (Fsp3) is 0.583. The number of carboxylic acid groups (broad SMARTS) is 1. The van der Waals surface area contributed by atoms with E-state index in [1.54, 1.807) is 6.08 Å². The van der Waals surface area contributed by atoms with Crippen LogP contribution in [0.3, 0.4) is 0 Å². The first-order valence-electron chi connectivity index (χ1n) is 5.41. The molecule has 0 aliphatic carbocycles. The van der Waals surface area contributed by atoms with Crippen molar-refractivity contribution in [1.29, 1.82) is 0 Å². The number of rotatable bonds is 5. The SMILES string of the molecule is C=CC(=C)C1(CO)CCN(CC(=O)O)CC1. The second kappa shape index (κ2) is 5.27. The van der Waals surface area contributed by atoms with Crippen molar-refractivity contribution < 1.29 is 15.0 Å². The molecule has 16 heavy (non-hydrogen) atoms. The van der Waals surface area contributed by atoms with Gasteiger partial charge in [-0.3, -0.25) is 9.69 Å². The van der Waals surface area contributed by atoms with Crippen LogP contribution < -0.4 is 0 Å². The van der Waals surface area contributed by atoms with Crippen LogP contribution in [0, 0.1) is 5.41 Å². The van der Waals surface area contributed by atoms with E-state index in [1.807, 2.05) is 4.90 Å². The third-order valence-electron chi connectivity index (χ3n) is 3.40. The van der Waals surface area contributed by atoms with E-state index in [2.05, 4.69) is 13.2 Å². The average Bonchev–Trinajstić information content (AvgIpc) is 2.28. The summed E-state index contributed by atoms with van der Waals surface area (Å²) in [6.45, 7) is 9.08. The molecule has 1 rings (SSSR count). The zero-order chi connectivity index (χ0) is 12.2. The summed E-state index contributed by atoms with van der Waals surface area (Å²) >= 11 is 0. The number of hydrogen-bond donors (Lipinski definition) is 2. The molecule has 4 heteroatoms. The molecular formula is C12H19NO3. The van der Waals surface area contributed by atoms with Crippen molar-refractivity contribution in [2.24, 2.45) is 5.41 Å². The number of carbonyl (C=O) groups is 1. The lowest BCUT2D eigenvalue weighted by Gasteiger charge is -2.40. The molecule has 1 fully saturated rings. The zero-order valence-corrected chi connectivity index (χ0v) is 9.48. The van der Waals surface area contributed by atoms with Gasteiger partial charge in [-0.1, -0.05) is 19.2 Å². The normalized spacial score (nSPS) is 20.3. The monoisotopic (exact) mass is 225 g/mol. The van der Waals surface area contributed by atoms with Crippen LogP contribution in [0.1, 0.15) is 12.8 Å². The van der Waals surface area contributed by atoms with E-state index in [4.69, 9.17) is 5.11 Å². The van der Waals surface area contributed by atoms with E-state index < -0.39 is 5.97 Å². The summed E-state index contributed by atoms with van der Waals surface area (Å²) in [6.07, 6.45) is 3.16. The summed E-state index contributed by atoms with van der Waals surface area (Å²) in [6, 6.07) is 0. The number of aliphatic carboxylic acids is 1. The van der Waals surface area contributed by atoms with E-state index in [9.17, 15) is 9.90 Å². The average molecular weight is 225 g/mol. The molecule has 0 amide bonds. The van der Waals surface area contributed by atoms with Crippen LogP contribution in [0.5, 0.6) is 0 Å². The minimum absolute atomic E-state index is 0.0543. The molecule has 0 unspecified atom stereocenters. The lowest BCUT2D eigenvalue weighted by atomic mass is 9.73. The molecule has 1 aliphatic heterocycles. The minimum atomic E-state index is -0.806. The van der Waals surface area contributed by atoms with Gasteiger partial charge in [0, 0.05) is 5.41 Å². The molecule has 0 spiro atoms. The van der Waals surface area contributed by atoms with Crippen molar-refractivity contribution in [3.63, 3.8) is 0 Å². The third kappa shape index (κ3) is 2.71. The molecule has 1 aliphatic rings.